The summed E-state index contributed by atoms with van der Waals surface area (Å²) in [4.78, 5) is 13.4. The Morgan fingerprint density at radius 3 is 2.09 bits per heavy atom. The summed E-state index contributed by atoms with van der Waals surface area (Å²) in [6, 6.07) is 7.71. The largest absolute Gasteiger partial charge is 0.341 e. The number of benzene rings is 1. The summed E-state index contributed by atoms with van der Waals surface area (Å²) >= 11 is 2.22. The van der Waals surface area contributed by atoms with Gasteiger partial charge >= 0.3 is 0 Å². The Hall–Kier alpha value is -0.780. The van der Waals surface area contributed by atoms with Crippen molar-refractivity contribution in [2.45, 2.75) is 106 Å². The number of nitrogens with one attached hydrogen (secondary N) is 1. The van der Waals surface area contributed by atoms with Crippen LogP contribution in [0.2, 0.25) is 0 Å². The van der Waals surface area contributed by atoms with Crippen LogP contribution in [0.5, 0.6) is 0 Å². The van der Waals surface area contributed by atoms with Gasteiger partial charge in [0.1, 0.15) is 18.3 Å². The Morgan fingerprint density at radius 2 is 1.41 bits per heavy atom. The van der Waals surface area contributed by atoms with Crippen molar-refractivity contribution in [3.63, 3.8) is 0 Å². The number of fused-ring (bicyclic) bond motifs is 3. The van der Waals surface area contributed by atoms with Gasteiger partial charge in [-0.05, 0) is 60.4 Å². The van der Waals surface area contributed by atoms with Crippen LogP contribution in [-0.2, 0) is 28.5 Å². The summed E-state index contributed by atoms with van der Waals surface area (Å²) in [5.41, 5.74) is 0.763. The fourth-order valence-corrected chi connectivity index (χ4v) is 6.46. The quantitative estimate of drug-likeness (QED) is 0.543. The number of hydrogen-bond acceptors (Lipinski definition) is 6. The van der Waals surface area contributed by atoms with Gasteiger partial charge in [0.15, 0.2) is 24.0 Å². The lowest BCUT2D eigenvalue weighted by Crippen LogP contribution is -2.58. The minimum absolute atomic E-state index is 0.229. The van der Waals surface area contributed by atoms with Crippen LogP contribution >= 0.6 is 22.6 Å². The van der Waals surface area contributed by atoms with E-state index < -0.39 is 30.1 Å². The van der Waals surface area contributed by atoms with E-state index in [4.69, 9.17) is 23.7 Å². The number of anilines is 1. The molecule has 3 heterocycles. The van der Waals surface area contributed by atoms with Gasteiger partial charge in [-0.3, -0.25) is 4.79 Å². The molecule has 0 radical (unpaired) electrons. The normalized spacial score (nSPS) is 37.2. The van der Waals surface area contributed by atoms with Crippen molar-refractivity contribution in [3.8, 4) is 0 Å². The molecule has 2 saturated carbocycles. The van der Waals surface area contributed by atoms with E-state index in [-0.39, 0.29) is 18.1 Å². The van der Waals surface area contributed by atoms with Gasteiger partial charge in [-0.1, -0.05) is 25.0 Å². The number of carbonyl (C=O) groups excluding carboxylic acids is 1. The second-order valence-corrected chi connectivity index (χ2v) is 10.9. The van der Waals surface area contributed by atoms with Gasteiger partial charge in [0, 0.05) is 29.3 Å². The van der Waals surface area contributed by atoms with Crippen molar-refractivity contribution in [3.05, 3.63) is 27.8 Å². The summed E-state index contributed by atoms with van der Waals surface area (Å²) in [7, 11) is 0. The maximum Gasteiger partial charge on any atom is 0.256 e. The molecular weight excluding hydrogens is 525 g/mol. The van der Waals surface area contributed by atoms with E-state index in [0.29, 0.717) is 0 Å². The first-order valence-corrected chi connectivity index (χ1v) is 13.1. The highest BCUT2D eigenvalue weighted by Crippen LogP contribution is 2.51. The zero-order valence-electron chi connectivity index (χ0n) is 18.1. The SMILES string of the molecule is O=C(Nc1ccccc1I)[C@H]1O[C@H]2OC3(CCCCC3)O[C@@H]2[C@H]2OC3(CCCCC3)O[C@H]21. The number of hydrogen-bond donors (Lipinski definition) is 1. The number of halogens is 1. The van der Waals surface area contributed by atoms with Crippen LogP contribution in [0.1, 0.15) is 64.2 Å². The van der Waals surface area contributed by atoms with E-state index in [9.17, 15) is 4.79 Å². The molecule has 2 spiro atoms. The number of carbonyl (C=O) groups is 1. The highest BCUT2D eigenvalue weighted by Gasteiger charge is 2.65. The van der Waals surface area contributed by atoms with Crippen LogP contribution in [0.3, 0.4) is 0 Å². The third-order valence-corrected chi connectivity index (χ3v) is 8.44. The molecule has 2 aliphatic carbocycles. The van der Waals surface area contributed by atoms with Crippen LogP contribution in [0, 0.1) is 3.57 Å². The van der Waals surface area contributed by atoms with Gasteiger partial charge in [0.25, 0.3) is 5.91 Å². The van der Waals surface area contributed by atoms with Crippen molar-refractivity contribution < 1.29 is 28.5 Å². The molecule has 7 nitrogen and oxygen atoms in total. The fraction of sp³-hybridized carbons (Fsp3) is 0.708. The first-order valence-electron chi connectivity index (χ1n) is 12.0. The summed E-state index contributed by atoms with van der Waals surface area (Å²) in [5.74, 6) is -1.49. The Labute approximate surface area is 202 Å². The Bertz CT molecular complexity index is 868. The first-order chi connectivity index (χ1) is 15.6. The van der Waals surface area contributed by atoms with Crippen molar-refractivity contribution in [1.82, 2.24) is 0 Å². The lowest BCUT2D eigenvalue weighted by molar-refractivity contribution is -0.246. The monoisotopic (exact) mass is 555 g/mol. The number of ether oxygens (including phenoxy) is 5. The molecule has 6 rings (SSSR count). The molecule has 5 aliphatic rings. The molecule has 1 N–H and O–H groups in total. The highest BCUT2D eigenvalue weighted by molar-refractivity contribution is 14.1. The van der Waals surface area contributed by atoms with E-state index >= 15 is 0 Å². The highest BCUT2D eigenvalue weighted by atomic mass is 127. The molecule has 174 valence electrons. The number of amides is 1. The van der Waals surface area contributed by atoms with Crippen molar-refractivity contribution >= 4 is 34.2 Å². The van der Waals surface area contributed by atoms with Gasteiger partial charge < -0.3 is 29.0 Å². The maximum atomic E-state index is 13.4. The number of rotatable bonds is 2. The molecule has 32 heavy (non-hydrogen) atoms. The topological polar surface area (TPSA) is 75.3 Å². The minimum Gasteiger partial charge on any atom is -0.341 e. The maximum absolute atomic E-state index is 13.4. The Morgan fingerprint density at radius 1 is 0.812 bits per heavy atom. The Balaban J connectivity index is 1.28. The van der Waals surface area contributed by atoms with Gasteiger partial charge in [0.2, 0.25) is 0 Å². The zero-order valence-corrected chi connectivity index (χ0v) is 20.3. The van der Waals surface area contributed by atoms with Gasteiger partial charge in [-0.15, -0.1) is 0 Å². The molecule has 0 unspecified atom stereocenters. The van der Waals surface area contributed by atoms with Crippen molar-refractivity contribution in [2.75, 3.05) is 5.32 Å². The van der Waals surface area contributed by atoms with Crippen LogP contribution < -0.4 is 5.32 Å². The molecule has 1 aromatic carbocycles. The molecule has 0 bridgehead atoms. The van der Waals surface area contributed by atoms with Crippen molar-refractivity contribution in [2.24, 2.45) is 0 Å². The molecule has 1 aromatic rings. The zero-order chi connectivity index (χ0) is 21.8. The molecule has 5 fully saturated rings. The van der Waals surface area contributed by atoms with Gasteiger partial charge in [-0.25, -0.2) is 0 Å². The average Bonchev–Trinajstić information content (AvgIpc) is 3.33. The molecule has 8 heteroatoms. The second-order valence-electron chi connectivity index (χ2n) is 9.70. The molecule has 5 atom stereocenters. The van der Waals surface area contributed by atoms with E-state index in [1.807, 2.05) is 24.3 Å². The van der Waals surface area contributed by atoms with E-state index in [1.54, 1.807) is 0 Å². The summed E-state index contributed by atoms with van der Waals surface area (Å²) in [6.45, 7) is 0. The van der Waals surface area contributed by atoms with E-state index in [1.165, 1.54) is 12.8 Å². The minimum atomic E-state index is -0.819. The predicted molar refractivity (Wildman–Crippen MR) is 124 cm³/mol. The lowest BCUT2D eigenvalue weighted by atomic mass is 9.94. The summed E-state index contributed by atoms with van der Waals surface area (Å²) in [5, 5.41) is 3.03. The van der Waals surface area contributed by atoms with Crippen LogP contribution in [0.15, 0.2) is 24.3 Å². The van der Waals surface area contributed by atoms with Crippen LogP contribution in [0.25, 0.3) is 0 Å². The van der Waals surface area contributed by atoms with Crippen molar-refractivity contribution in [1.29, 1.82) is 0 Å². The Kier molecular flexibility index (Phi) is 5.75. The lowest BCUT2D eigenvalue weighted by Gasteiger charge is -2.36. The molecule has 3 saturated heterocycles. The molecular formula is C24H30INO6. The van der Waals surface area contributed by atoms with Gasteiger partial charge in [0.05, 0.1) is 5.69 Å². The average molecular weight is 555 g/mol. The van der Waals surface area contributed by atoms with Crippen LogP contribution in [-0.4, -0.2) is 48.2 Å². The van der Waals surface area contributed by atoms with Crippen LogP contribution in [0.4, 0.5) is 5.69 Å². The third kappa shape index (κ3) is 3.80. The van der Waals surface area contributed by atoms with E-state index in [2.05, 4.69) is 27.9 Å². The predicted octanol–water partition coefficient (Wildman–Crippen LogP) is 4.47. The smallest absolute Gasteiger partial charge is 0.256 e. The summed E-state index contributed by atoms with van der Waals surface area (Å²) < 4.78 is 33.3. The molecule has 1 amide bonds. The number of para-hydroxylation sites is 1. The fourth-order valence-electron chi connectivity index (χ4n) is 5.93. The third-order valence-electron chi connectivity index (χ3n) is 7.50. The second kappa shape index (κ2) is 8.46. The standard InChI is InChI=1S/C24H30INO6/c25-15-9-3-4-10-16(15)26-21(27)19-17-18(30-23(29-17)11-5-1-6-12-23)20-22(28-19)32-24(31-20)13-7-2-8-14-24/h3-4,9-10,17-20,22H,1-2,5-8,11-14H2,(H,26,27)/t17-,18+,19+,20-,22+/m1/s1. The summed E-state index contributed by atoms with van der Waals surface area (Å²) in [6.07, 6.45) is 7.34. The first kappa shape index (κ1) is 21.7. The molecule has 3 aliphatic heterocycles. The van der Waals surface area contributed by atoms with Gasteiger partial charge in [-0.2, -0.15) is 0 Å². The molecule has 0 aromatic heterocycles. The van der Waals surface area contributed by atoms with E-state index in [0.717, 1.165) is 60.6 Å².